The Morgan fingerprint density at radius 1 is 1.37 bits per heavy atom. The molecule has 2 rings (SSSR count). The monoisotopic (exact) mass is 279 g/mol. The fraction of sp³-hybridized carbons (Fsp3) is 0.500. The van der Waals surface area contributed by atoms with Crippen molar-refractivity contribution in [2.75, 3.05) is 30.8 Å². The second-order valence-electron chi connectivity index (χ2n) is 4.97. The Bertz CT molecular complexity index is 524. The molecular weight excluding hydrogens is 258 g/mol. The Labute approximate surface area is 118 Å². The third-order valence-corrected chi connectivity index (χ3v) is 3.75. The molecule has 0 radical (unpaired) electrons. The fourth-order valence-electron chi connectivity index (χ4n) is 1.67. The van der Waals surface area contributed by atoms with Gasteiger partial charge in [0.1, 0.15) is 0 Å². The highest BCUT2D eigenvalue weighted by Gasteiger charge is 2.03. The van der Waals surface area contributed by atoms with Crippen LogP contribution in [-0.2, 0) is 4.74 Å². The molecule has 0 aliphatic carbocycles. The highest BCUT2D eigenvalue weighted by molar-refractivity contribution is 7.22. The Morgan fingerprint density at radius 2 is 2.21 bits per heavy atom. The van der Waals surface area contributed by atoms with Gasteiger partial charge < -0.3 is 15.8 Å². The smallest absolute Gasteiger partial charge is 0.183 e. The van der Waals surface area contributed by atoms with E-state index in [-0.39, 0.29) is 0 Å². The number of benzene rings is 1. The van der Waals surface area contributed by atoms with Crippen LogP contribution in [0.3, 0.4) is 0 Å². The Morgan fingerprint density at radius 3 is 3.00 bits per heavy atom. The van der Waals surface area contributed by atoms with Gasteiger partial charge in [-0.15, -0.1) is 0 Å². The summed E-state index contributed by atoms with van der Waals surface area (Å²) in [4.78, 5) is 4.50. The molecule has 104 valence electrons. The largest absolute Gasteiger partial charge is 0.399 e. The van der Waals surface area contributed by atoms with Crippen LogP contribution in [0.1, 0.15) is 20.3 Å². The molecular formula is C14H21N3OS. The zero-order valence-electron chi connectivity index (χ0n) is 11.5. The van der Waals surface area contributed by atoms with E-state index >= 15 is 0 Å². The van der Waals surface area contributed by atoms with E-state index in [4.69, 9.17) is 10.5 Å². The molecule has 5 heteroatoms. The van der Waals surface area contributed by atoms with Crippen molar-refractivity contribution in [2.24, 2.45) is 5.92 Å². The van der Waals surface area contributed by atoms with Gasteiger partial charge in [-0.3, -0.25) is 0 Å². The van der Waals surface area contributed by atoms with Crippen molar-refractivity contribution >= 4 is 32.4 Å². The van der Waals surface area contributed by atoms with Crippen LogP contribution in [0, 0.1) is 5.92 Å². The summed E-state index contributed by atoms with van der Waals surface area (Å²) in [7, 11) is 0. The third kappa shape index (κ3) is 4.36. The van der Waals surface area contributed by atoms with Crippen molar-refractivity contribution in [2.45, 2.75) is 20.3 Å². The highest BCUT2D eigenvalue weighted by atomic mass is 32.1. The second kappa shape index (κ2) is 6.73. The Kier molecular flexibility index (Phi) is 4.99. The Balaban J connectivity index is 1.75. The minimum Gasteiger partial charge on any atom is -0.399 e. The molecule has 2 aromatic rings. The first-order chi connectivity index (χ1) is 9.15. The van der Waals surface area contributed by atoms with E-state index in [1.54, 1.807) is 11.3 Å². The van der Waals surface area contributed by atoms with Gasteiger partial charge >= 0.3 is 0 Å². The lowest BCUT2D eigenvalue weighted by Gasteiger charge is -2.06. The molecule has 1 aromatic heterocycles. The molecule has 19 heavy (non-hydrogen) atoms. The minimum absolute atomic E-state index is 0.697. The van der Waals surface area contributed by atoms with Crippen molar-refractivity contribution in [1.82, 2.24) is 4.98 Å². The fourth-order valence-corrected chi connectivity index (χ4v) is 2.61. The quantitative estimate of drug-likeness (QED) is 0.602. The number of nitrogens with one attached hydrogen (secondary N) is 1. The zero-order chi connectivity index (χ0) is 13.7. The molecule has 1 heterocycles. The van der Waals surface area contributed by atoms with Gasteiger partial charge in [0.2, 0.25) is 0 Å². The van der Waals surface area contributed by atoms with Crippen molar-refractivity contribution in [1.29, 1.82) is 0 Å². The van der Waals surface area contributed by atoms with Crippen molar-refractivity contribution < 1.29 is 4.74 Å². The van der Waals surface area contributed by atoms with Crippen LogP contribution in [-0.4, -0.2) is 24.7 Å². The van der Waals surface area contributed by atoms with Crippen LogP contribution in [0.5, 0.6) is 0 Å². The van der Waals surface area contributed by atoms with Crippen LogP contribution in [0.15, 0.2) is 18.2 Å². The molecule has 4 nitrogen and oxygen atoms in total. The first-order valence-electron chi connectivity index (χ1n) is 6.63. The molecule has 0 fully saturated rings. The minimum atomic E-state index is 0.697. The van der Waals surface area contributed by atoms with E-state index in [0.717, 1.165) is 40.6 Å². The number of hydrogen-bond acceptors (Lipinski definition) is 5. The first-order valence-corrected chi connectivity index (χ1v) is 7.44. The van der Waals surface area contributed by atoms with Crippen molar-refractivity contribution in [3.8, 4) is 0 Å². The van der Waals surface area contributed by atoms with E-state index in [1.807, 2.05) is 18.2 Å². The number of nitrogens with two attached hydrogens (primary N) is 1. The van der Waals surface area contributed by atoms with Crippen LogP contribution < -0.4 is 11.1 Å². The van der Waals surface area contributed by atoms with Gasteiger partial charge in [-0.05, 0) is 30.5 Å². The van der Waals surface area contributed by atoms with Gasteiger partial charge in [-0.1, -0.05) is 25.2 Å². The van der Waals surface area contributed by atoms with Crippen LogP contribution >= 0.6 is 11.3 Å². The summed E-state index contributed by atoms with van der Waals surface area (Å²) in [5, 5.41) is 4.21. The number of fused-ring (bicyclic) bond motifs is 1. The average molecular weight is 279 g/mol. The number of ether oxygens (including phenoxy) is 1. The third-order valence-electron chi connectivity index (χ3n) is 2.77. The summed E-state index contributed by atoms with van der Waals surface area (Å²) in [6.07, 6.45) is 1.11. The summed E-state index contributed by atoms with van der Waals surface area (Å²) in [6.45, 7) is 6.73. The molecule has 0 unspecified atom stereocenters. The molecule has 0 saturated carbocycles. The van der Waals surface area contributed by atoms with Crippen LogP contribution in [0.4, 0.5) is 10.8 Å². The summed E-state index contributed by atoms with van der Waals surface area (Å²) < 4.78 is 6.67. The topological polar surface area (TPSA) is 60.2 Å². The summed E-state index contributed by atoms with van der Waals surface area (Å²) in [5.41, 5.74) is 7.52. The average Bonchev–Trinajstić information content (AvgIpc) is 2.75. The summed E-state index contributed by atoms with van der Waals surface area (Å²) in [5.74, 6) is 0.697. The number of thiazole rings is 1. The van der Waals surface area contributed by atoms with E-state index in [1.165, 1.54) is 0 Å². The molecule has 0 spiro atoms. The van der Waals surface area contributed by atoms with Gasteiger partial charge in [-0.25, -0.2) is 4.98 Å². The maximum Gasteiger partial charge on any atom is 0.183 e. The van der Waals surface area contributed by atoms with Crippen molar-refractivity contribution in [3.05, 3.63) is 18.2 Å². The van der Waals surface area contributed by atoms with Gasteiger partial charge in [0, 0.05) is 18.8 Å². The number of nitrogen functional groups attached to an aromatic ring is 1. The van der Waals surface area contributed by atoms with E-state index in [9.17, 15) is 0 Å². The summed E-state index contributed by atoms with van der Waals surface area (Å²) >= 11 is 1.62. The van der Waals surface area contributed by atoms with Gasteiger partial charge in [-0.2, -0.15) is 0 Å². The number of aromatic nitrogens is 1. The predicted octanol–water partition coefficient (Wildman–Crippen LogP) is 3.35. The SMILES string of the molecule is CC(C)CCOCCNc1nc2ccc(N)cc2s1. The number of hydrogen-bond donors (Lipinski definition) is 2. The second-order valence-corrected chi connectivity index (χ2v) is 6.00. The molecule has 1 aromatic carbocycles. The van der Waals surface area contributed by atoms with Gasteiger partial charge in [0.05, 0.1) is 16.8 Å². The highest BCUT2D eigenvalue weighted by Crippen LogP contribution is 2.27. The molecule has 0 saturated heterocycles. The predicted molar refractivity (Wildman–Crippen MR) is 82.8 cm³/mol. The molecule has 0 bridgehead atoms. The Hall–Kier alpha value is -1.33. The standard InChI is InChI=1S/C14H21N3OS/c1-10(2)5-7-18-8-6-16-14-17-12-4-3-11(15)9-13(12)19-14/h3-4,9-10H,5-8,15H2,1-2H3,(H,16,17). The zero-order valence-corrected chi connectivity index (χ0v) is 12.3. The lowest BCUT2D eigenvalue weighted by molar-refractivity contribution is 0.132. The maximum atomic E-state index is 5.75. The lowest BCUT2D eigenvalue weighted by atomic mass is 10.1. The number of anilines is 2. The van der Waals surface area contributed by atoms with E-state index in [2.05, 4.69) is 24.1 Å². The number of nitrogens with zero attached hydrogens (tertiary/aromatic N) is 1. The number of rotatable bonds is 7. The molecule has 3 N–H and O–H groups in total. The molecule has 0 aliphatic heterocycles. The molecule has 0 amide bonds. The lowest BCUT2D eigenvalue weighted by Crippen LogP contribution is -2.10. The summed E-state index contributed by atoms with van der Waals surface area (Å²) in [6, 6.07) is 5.78. The molecule has 0 atom stereocenters. The normalized spacial score (nSPS) is 11.3. The maximum absolute atomic E-state index is 5.75. The van der Waals surface area contributed by atoms with Gasteiger partial charge in [0.25, 0.3) is 0 Å². The van der Waals surface area contributed by atoms with Crippen LogP contribution in [0.25, 0.3) is 10.2 Å². The van der Waals surface area contributed by atoms with Gasteiger partial charge in [0.15, 0.2) is 5.13 Å². The van der Waals surface area contributed by atoms with Crippen molar-refractivity contribution in [3.63, 3.8) is 0 Å². The van der Waals surface area contributed by atoms with Crippen LogP contribution in [0.2, 0.25) is 0 Å². The molecule has 0 aliphatic rings. The van der Waals surface area contributed by atoms with E-state index in [0.29, 0.717) is 12.5 Å². The van der Waals surface area contributed by atoms with E-state index < -0.39 is 0 Å². The first kappa shape index (κ1) is 14.1.